The topological polar surface area (TPSA) is 62.5 Å². The molecular formula is C18H22N2O3. The number of aromatic nitrogens is 1. The van der Waals surface area contributed by atoms with E-state index in [1.165, 1.54) is 4.90 Å². The highest BCUT2D eigenvalue weighted by molar-refractivity contribution is 6.08. The van der Waals surface area contributed by atoms with Gasteiger partial charge in [-0.15, -0.1) is 0 Å². The molecule has 1 aromatic heterocycles. The van der Waals surface area contributed by atoms with Crippen LogP contribution in [0.3, 0.4) is 0 Å². The predicted octanol–water partition coefficient (Wildman–Crippen LogP) is 2.99. The molecule has 0 radical (unpaired) electrons. The molecule has 2 atom stereocenters. The highest BCUT2D eigenvalue weighted by Crippen LogP contribution is 2.28. The summed E-state index contributed by atoms with van der Waals surface area (Å²) in [5.41, 5.74) is 1.61. The van der Waals surface area contributed by atoms with Crippen molar-refractivity contribution >= 4 is 22.8 Å². The summed E-state index contributed by atoms with van der Waals surface area (Å²) in [6.45, 7) is 5.35. The Morgan fingerprint density at radius 1 is 1.30 bits per heavy atom. The molecule has 0 bridgehead atoms. The number of hydrogen-bond acceptors (Lipinski definition) is 2. The van der Waals surface area contributed by atoms with Crippen LogP contribution in [0.2, 0.25) is 0 Å². The molecule has 1 aliphatic heterocycles. The number of para-hydroxylation sites is 1. The second kappa shape index (κ2) is 6.07. The number of rotatable bonds is 3. The fraction of sp³-hybridized carbons (Fsp3) is 0.444. The molecule has 1 N–H and O–H groups in total. The van der Waals surface area contributed by atoms with E-state index in [0.717, 1.165) is 23.9 Å². The summed E-state index contributed by atoms with van der Waals surface area (Å²) in [5.74, 6) is -0.756. The zero-order valence-corrected chi connectivity index (χ0v) is 13.5. The number of amides is 1. The fourth-order valence-corrected chi connectivity index (χ4v) is 3.45. The number of likely N-dealkylation sites (tertiary alicyclic amines) is 1. The maximum atomic E-state index is 13.0. The van der Waals surface area contributed by atoms with Gasteiger partial charge in [-0.1, -0.05) is 25.1 Å². The van der Waals surface area contributed by atoms with Crippen LogP contribution in [0.25, 0.3) is 10.9 Å². The third-order valence-electron chi connectivity index (χ3n) is 4.77. The van der Waals surface area contributed by atoms with Crippen LogP contribution < -0.4 is 0 Å². The fourth-order valence-electron chi connectivity index (χ4n) is 3.45. The summed E-state index contributed by atoms with van der Waals surface area (Å²) in [5, 5.41) is 10.4. The van der Waals surface area contributed by atoms with Gasteiger partial charge in [0.2, 0.25) is 0 Å². The molecule has 5 heteroatoms. The first-order valence-corrected chi connectivity index (χ1v) is 8.14. The lowest BCUT2D eigenvalue weighted by atomic mass is 9.92. The quantitative estimate of drug-likeness (QED) is 0.947. The second-order valence-corrected chi connectivity index (χ2v) is 6.33. The molecule has 122 valence electrons. The van der Waals surface area contributed by atoms with E-state index in [1.54, 1.807) is 0 Å². The van der Waals surface area contributed by atoms with Crippen LogP contribution in [0, 0.1) is 5.92 Å². The van der Waals surface area contributed by atoms with E-state index in [0.29, 0.717) is 24.4 Å². The second-order valence-electron chi connectivity index (χ2n) is 6.33. The van der Waals surface area contributed by atoms with Crippen molar-refractivity contribution in [1.29, 1.82) is 0 Å². The van der Waals surface area contributed by atoms with Gasteiger partial charge in [0.05, 0.1) is 5.56 Å². The van der Waals surface area contributed by atoms with Gasteiger partial charge in [-0.3, -0.25) is 4.79 Å². The van der Waals surface area contributed by atoms with Gasteiger partial charge in [0.25, 0.3) is 5.91 Å². The van der Waals surface area contributed by atoms with Crippen LogP contribution >= 0.6 is 0 Å². The van der Waals surface area contributed by atoms with E-state index in [9.17, 15) is 14.7 Å². The summed E-state index contributed by atoms with van der Waals surface area (Å²) in [4.78, 5) is 26.1. The highest BCUT2D eigenvalue weighted by Gasteiger charge is 2.36. The molecule has 2 unspecified atom stereocenters. The van der Waals surface area contributed by atoms with Gasteiger partial charge < -0.3 is 14.6 Å². The average molecular weight is 314 g/mol. The largest absolute Gasteiger partial charge is 0.480 e. The van der Waals surface area contributed by atoms with Crippen molar-refractivity contribution in [2.24, 2.45) is 5.92 Å². The number of carbonyl (C=O) groups excluding carboxylic acids is 1. The molecule has 3 rings (SSSR count). The van der Waals surface area contributed by atoms with Gasteiger partial charge >= 0.3 is 5.97 Å². The summed E-state index contributed by atoms with van der Waals surface area (Å²) < 4.78 is 2.03. The predicted molar refractivity (Wildman–Crippen MR) is 88.5 cm³/mol. The Morgan fingerprint density at radius 2 is 2.04 bits per heavy atom. The third kappa shape index (κ3) is 2.71. The molecule has 2 heterocycles. The number of benzene rings is 1. The van der Waals surface area contributed by atoms with E-state index in [4.69, 9.17) is 0 Å². The first-order chi connectivity index (χ1) is 11.0. The van der Waals surface area contributed by atoms with Crippen LogP contribution in [-0.4, -0.2) is 39.0 Å². The van der Waals surface area contributed by atoms with Crippen molar-refractivity contribution in [3.63, 3.8) is 0 Å². The molecule has 1 aromatic carbocycles. The Hall–Kier alpha value is -2.30. The maximum Gasteiger partial charge on any atom is 0.326 e. The average Bonchev–Trinajstić information content (AvgIpc) is 2.93. The molecule has 1 fully saturated rings. The van der Waals surface area contributed by atoms with Crippen molar-refractivity contribution in [1.82, 2.24) is 9.47 Å². The standard InChI is InChI=1S/C18H22N2O3/c1-3-19-11-14(13-6-4-5-7-15(13)19)17(21)20-9-8-12(2)10-16(20)18(22)23/h4-7,11-12,16H,3,8-10H2,1-2H3,(H,22,23). The van der Waals surface area contributed by atoms with Crippen molar-refractivity contribution in [3.05, 3.63) is 36.0 Å². The Balaban J connectivity index is 2.01. The molecule has 5 nitrogen and oxygen atoms in total. The number of carboxylic acids is 1. The molecule has 2 aromatic rings. The lowest BCUT2D eigenvalue weighted by Gasteiger charge is -2.35. The van der Waals surface area contributed by atoms with Crippen molar-refractivity contribution in [2.75, 3.05) is 6.54 Å². The monoisotopic (exact) mass is 314 g/mol. The van der Waals surface area contributed by atoms with E-state index in [-0.39, 0.29) is 5.91 Å². The molecule has 0 aliphatic carbocycles. The zero-order valence-electron chi connectivity index (χ0n) is 13.5. The van der Waals surface area contributed by atoms with E-state index >= 15 is 0 Å². The van der Waals surface area contributed by atoms with Crippen LogP contribution in [0.15, 0.2) is 30.5 Å². The van der Waals surface area contributed by atoms with Crippen LogP contribution in [0.1, 0.15) is 37.0 Å². The molecule has 0 saturated carbocycles. The van der Waals surface area contributed by atoms with Crippen molar-refractivity contribution < 1.29 is 14.7 Å². The van der Waals surface area contributed by atoms with Crippen molar-refractivity contribution in [2.45, 2.75) is 39.3 Å². The first-order valence-electron chi connectivity index (χ1n) is 8.14. The lowest BCUT2D eigenvalue weighted by molar-refractivity contribution is -0.144. The molecule has 1 saturated heterocycles. The van der Waals surface area contributed by atoms with Gasteiger partial charge in [-0.05, 0) is 31.7 Å². The van der Waals surface area contributed by atoms with Crippen LogP contribution in [0.4, 0.5) is 0 Å². The zero-order chi connectivity index (χ0) is 16.6. The number of nitrogens with zero attached hydrogens (tertiary/aromatic N) is 2. The minimum Gasteiger partial charge on any atom is -0.480 e. The normalized spacial score (nSPS) is 21.6. The Kier molecular flexibility index (Phi) is 4.11. The Bertz CT molecular complexity index is 750. The van der Waals surface area contributed by atoms with E-state index in [1.807, 2.05) is 48.9 Å². The molecule has 0 spiro atoms. The van der Waals surface area contributed by atoms with Crippen LogP contribution in [0.5, 0.6) is 0 Å². The van der Waals surface area contributed by atoms with E-state index in [2.05, 4.69) is 0 Å². The molecule has 23 heavy (non-hydrogen) atoms. The number of carboxylic acid groups (broad SMARTS) is 1. The number of piperidine rings is 1. The van der Waals surface area contributed by atoms with Gasteiger partial charge in [0.1, 0.15) is 6.04 Å². The first kappa shape index (κ1) is 15.6. The van der Waals surface area contributed by atoms with Gasteiger partial charge in [-0.25, -0.2) is 4.79 Å². The lowest BCUT2D eigenvalue weighted by Crippen LogP contribution is -2.49. The third-order valence-corrected chi connectivity index (χ3v) is 4.77. The van der Waals surface area contributed by atoms with Gasteiger partial charge in [0, 0.05) is 30.2 Å². The van der Waals surface area contributed by atoms with Gasteiger partial charge in [0.15, 0.2) is 0 Å². The molecule has 1 amide bonds. The number of fused-ring (bicyclic) bond motifs is 1. The number of hydrogen-bond donors (Lipinski definition) is 1. The molecule has 1 aliphatic rings. The van der Waals surface area contributed by atoms with Gasteiger partial charge in [-0.2, -0.15) is 0 Å². The van der Waals surface area contributed by atoms with E-state index < -0.39 is 12.0 Å². The Labute approximate surface area is 135 Å². The SMILES string of the molecule is CCn1cc(C(=O)N2CCC(C)CC2C(=O)O)c2ccccc21. The maximum absolute atomic E-state index is 13.0. The summed E-state index contributed by atoms with van der Waals surface area (Å²) in [7, 11) is 0. The smallest absolute Gasteiger partial charge is 0.326 e. The minimum absolute atomic E-state index is 0.173. The van der Waals surface area contributed by atoms with Crippen LogP contribution in [-0.2, 0) is 11.3 Å². The summed E-state index contributed by atoms with van der Waals surface area (Å²) >= 11 is 0. The summed E-state index contributed by atoms with van der Waals surface area (Å²) in [6, 6.07) is 7.05. The number of aliphatic carboxylic acids is 1. The number of aryl methyl sites for hydroxylation is 1. The Morgan fingerprint density at radius 3 is 2.74 bits per heavy atom. The minimum atomic E-state index is -0.913. The highest BCUT2D eigenvalue weighted by atomic mass is 16.4. The molecular weight excluding hydrogens is 292 g/mol. The van der Waals surface area contributed by atoms with Crippen molar-refractivity contribution in [3.8, 4) is 0 Å². The number of carbonyl (C=O) groups is 2. The summed E-state index contributed by atoms with van der Waals surface area (Å²) in [6.07, 6.45) is 3.22.